The van der Waals surface area contributed by atoms with E-state index in [1.54, 1.807) is 0 Å². The van der Waals surface area contributed by atoms with Gasteiger partial charge in [0.05, 0.1) is 6.10 Å². The van der Waals surface area contributed by atoms with E-state index in [2.05, 4.69) is 20.8 Å². The lowest BCUT2D eigenvalue weighted by molar-refractivity contribution is -0.140. The van der Waals surface area contributed by atoms with Gasteiger partial charge in [0.15, 0.2) is 0 Å². The molecule has 1 saturated heterocycles. The van der Waals surface area contributed by atoms with Crippen LogP contribution in [0.2, 0.25) is 0 Å². The van der Waals surface area contributed by atoms with E-state index in [0.717, 1.165) is 12.8 Å². The van der Waals surface area contributed by atoms with Crippen LogP contribution >= 0.6 is 0 Å². The van der Waals surface area contributed by atoms with Gasteiger partial charge in [-0.25, -0.2) is 0 Å². The number of aliphatic hydroxyl groups excluding tert-OH is 1. The lowest BCUT2D eigenvalue weighted by Gasteiger charge is -2.35. The zero-order valence-corrected chi connectivity index (χ0v) is 14.3. The number of carbonyl (C=O) groups is 1. The molecule has 1 rings (SSSR count). The largest absolute Gasteiger partial charge is 0.393 e. The number of aliphatic hydroxyl groups is 1. The van der Waals surface area contributed by atoms with Gasteiger partial charge in [-0.2, -0.15) is 0 Å². The Morgan fingerprint density at radius 1 is 1.11 bits per heavy atom. The lowest BCUT2D eigenvalue weighted by atomic mass is 9.81. The maximum atomic E-state index is 12.1. The van der Waals surface area contributed by atoms with E-state index in [4.69, 9.17) is 0 Å². The molecule has 3 nitrogen and oxygen atoms in total. The van der Waals surface area contributed by atoms with Gasteiger partial charge >= 0.3 is 0 Å². The van der Waals surface area contributed by atoms with Gasteiger partial charge in [-0.3, -0.25) is 4.79 Å². The highest BCUT2D eigenvalue weighted by atomic mass is 16.3. The van der Waals surface area contributed by atoms with Crippen LogP contribution in [0.4, 0.5) is 0 Å². The van der Waals surface area contributed by atoms with Gasteiger partial charge in [-0.15, -0.1) is 0 Å². The molecule has 1 heterocycles. The number of carbonyl (C=O) groups excluding carboxylic acids is 1. The van der Waals surface area contributed by atoms with E-state index in [1.807, 2.05) is 39.5 Å². The Hall–Kier alpha value is -0.570. The number of nitrogens with zero attached hydrogens (tertiary/aromatic N) is 1. The third-order valence-electron chi connectivity index (χ3n) is 3.45. The van der Waals surface area contributed by atoms with Crippen molar-refractivity contribution in [1.82, 2.24) is 4.90 Å². The molecule has 1 amide bonds. The summed E-state index contributed by atoms with van der Waals surface area (Å²) < 4.78 is 0. The van der Waals surface area contributed by atoms with Crippen molar-refractivity contribution >= 4 is 5.91 Å². The number of piperidine rings is 1. The predicted molar refractivity (Wildman–Crippen MR) is 83.1 cm³/mol. The minimum atomic E-state index is -0.209. The standard InChI is InChI=1S/C12H23NO2.2C2H6/c1-9(12(2,3)4)11(15)13-7-5-10(14)6-8-13;2*1-2/h9-10,14H,5-8H2,1-4H3;2*1-2H3. The smallest absolute Gasteiger partial charge is 0.225 e. The number of hydrogen-bond acceptors (Lipinski definition) is 2. The third-order valence-corrected chi connectivity index (χ3v) is 3.45. The van der Waals surface area contributed by atoms with Crippen LogP contribution in [0.1, 0.15) is 68.2 Å². The summed E-state index contributed by atoms with van der Waals surface area (Å²) >= 11 is 0. The predicted octanol–water partition coefficient (Wildman–Crippen LogP) is 3.70. The normalized spacial score (nSPS) is 17.6. The first-order valence-electron chi connectivity index (χ1n) is 7.79. The highest BCUT2D eigenvalue weighted by Crippen LogP contribution is 2.28. The Bertz CT molecular complexity index is 225. The fraction of sp³-hybridized carbons (Fsp3) is 0.938. The van der Waals surface area contributed by atoms with Crippen molar-refractivity contribution in [3.63, 3.8) is 0 Å². The molecule has 1 atom stereocenters. The van der Waals surface area contributed by atoms with Crippen molar-refractivity contribution in [3.05, 3.63) is 0 Å². The molecule has 0 spiro atoms. The summed E-state index contributed by atoms with van der Waals surface area (Å²) in [5.74, 6) is 0.280. The van der Waals surface area contributed by atoms with Gasteiger partial charge in [-0.1, -0.05) is 55.4 Å². The highest BCUT2D eigenvalue weighted by Gasteiger charge is 2.31. The molecule has 3 heteroatoms. The molecule has 1 aliphatic rings. The van der Waals surface area contributed by atoms with Crippen LogP contribution in [0.25, 0.3) is 0 Å². The molecule has 0 aliphatic carbocycles. The van der Waals surface area contributed by atoms with Crippen molar-refractivity contribution in [1.29, 1.82) is 0 Å². The van der Waals surface area contributed by atoms with E-state index in [9.17, 15) is 9.90 Å². The summed E-state index contributed by atoms with van der Waals surface area (Å²) in [5.41, 5.74) is 0.0210. The monoisotopic (exact) mass is 273 g/mol. The fourth-order valence-corrected chi connectivity index (χ4v) is 1.73. The van der Waals surface area contributed by atoms with Crippen molar-refractivity contribution in [2.45, 2.75) is 74.3 Å². The molecule has 1 unspecified atom stereocenters. The summed E-state index contributed by atoms with van der Waals surface area (Å²) in [6, 6.07) is 0. The summed E-state index contributed by atoms with van der Waals surface area (Å²) in [5, 5.41) is 9.37. The van der Waals surface area contributed by atoms with Crippen molar-refractivity contribution < 1.29 is 9.90 Å². The zero-order chi connectivity index (χ0) is 15.6. The van der Waals surface area contributed by atoms with Gasteiger partial charge in [-0.05, 0) is 18.3 Å². The lowest BCUT2D eigenvalue weighted by Crippen LogP contribution is -2.45. The molecule has 1 fully saturated rings. The van der Waals surface area contributed by atoms with Crippen LogP contribution in [-0.2, 0) is 4.79 Å². The van der Waals surface area contributed by atoms with Crippen LogP contribution < -0.4 is 0 Å². The average molecular weight is 273 g/mol. The molecule has 19 heavy (non-hydrogen) atoms. The molecule has 0 aromatic carbocycles. The summed E-state index contributed by atoms with van der Waals surface area (Å²) in [4.78, 5) is 14.0. The van der Waals surface area contributed by atoms with E-state index in [0.29, 0.717) is 13.1 Å². The molecule has 0 saturated carbocycles. The first-order chi connectivity index (χ1) is 8.82. The van der Waals surface area contributed by atoms with Gasteiger partial charge in [0.25, 0.3) is 0 Å². The molecule has 0 bridgehead atoms. The van der Waals surface area contributed by atoms with Crippen molar-refractivity contribution in [2.75, 3.05) is 13.1 Å². The Morgan fingerprint density at radius 2 is 1.47 bits per heavy atom. The van der Waals surface area contributed by atoms with Crippen LogP contribution in [0.15, 0.2) is 0 Å². The quantitative estimate of drug-likeness (QED) is 0.791. The van der Waals surface area contributed by atoms with Crippen molar-refractivity contribution in [3.8, 4) is 0 Å². The zero-order valence-electron chi connectivity index (χ0n) is 14.3. The molecule has 0 aromatic rings. The van der Waals surface area contributed by atoms with Gasteiger partial charge in [0.2, 0.25) is 5.91 Å². The Kier molecular flexibility index (Phi) is 11.2. The highest BCUT2D eigenvalue weighted by molar-refractivity contribution is 5.79. The number of amides is 1. The Balaban J connectivity index is 0. The van der Waals surface area contributed by atoms with Crippen LogP contribution in [0, 0.1) is 11.3 Å². The minimum Gasteiger partial charge on any atom is -0.393 e. The van der Waals surface area contributed by atoms with Gasteiger partial charge in [0.1, 0.15) is 0 Å². The second kappa shape index (κ2) is 10.2. The van der Waals surface area contributed by atoms with Gasteiger partial charge < -0.3 is 10.0 Å². The maximum Gasteiger partial charge on any atom is 0.225 e. The summed E-state index contributed by atoms with van der Waals surface area (Å²) in [6.45, 7) is 17.7. The van der Waals surface area contributed by atoms with E-state index in [1.165, 1.54) is 0 Å². The molecular formula is C16H35NO2. The topological polar surface area (TPSA) is 40.5 Å². The molecule has 0 aromatic heterocycles. The Labute approximate surface area is 120 Å². The average Bonchev–Trinajstić information content (AvgIpc) is 2.41. The summed E-state index contributed by atoms with van der Waals surface area (Å²) in [6.07, 6.45) is 1.24. The molecule has 116 valence electrons. The summed E-state index contributed by atoms with van der Waals surface area (Å²) in [7, 11) is 0. The first-order valence-corrected chi connectivity index (χ1v) is 7.79. The first kappa shape index (κ1) is 20.7. The molecular weight excluding hydrogens is 238 g/mol. The van der Waals surface area contributed by atoms with E-state index < -0.39 is 0 Å². The van der Waals surface area contributed by atoms with E-state index in [-0.39, 0.29) is 23.3 Å². The van der Waals surface area contributed by atoms with Gasteiger partial charge in [0, 0.05) is 19.0 Å². The second-order valence-corrected chi connectivity index (χ2v) is 5.64. The SMILES string of the molecule is CC.CC.CC(C(=O)N1CCC(O)CC1)C(C)(C)C. The second-order valence-electron chi connectivity index (χ2n) is 5.64. The van der Waals surface area contributed by atoms with E-state index >= 15 is 0 Å². The molecule has 0 radical (unpaired) electrons. The number of rotatable bonds is 1. The fourth-order valence-electron chi connectivity index (χ4n) is 1.73. The maximum absolute atomic E-state index is 12.1. The number of hydrogen-bond donors (Lipinski definition) is 1. The number of likely N-dealkylation sites (tertiary alicyclic amines) is 1. The third kappa shape index (κ3) is 7.56. The van der Waals surface area contributed by atoms with Crippen LogP contribution in [0.3, 0.4) is 0 Å². The van der Waals surface area contributed by atoms with Crippen molar-refractivity contribution in [2.24, 2.45) is 11.3 Å². The minimum absolute atomic E-state index is 0.0210. The molecule has 1 N–H and O–H groups in total. The Morgan fingerprint density at radius 3 is 1.79 bits per heavy atom. The molecule has 1 aliphatic heterocycles. The van der Waals surface area contributed by atoms with Crippen LogP contribution in [-0.4, -0.2) is 35.1 Å². The van der Waals surface area contributed by atoms with Crippen LogP contribution in [0.5, 0.6) is 0 Å².